The number of ether oxygens (including phenoxy) is 1. The summed E-state index contributed by atoms with van der Waals surface area (Å²) in [5.74, 6) is 1.65. The first-order valence-electron chi connectivity index (χ1n) is 5.42. The van der Waals surface area contributed by atoms with Crippen molar-refractivity contribution in [3.05, 3.63) is 58.1 Å². The van der Waals surface area contributed by atoms with Crippen molar-refractivity contribution in [3.63, 3.8) is 0 Å². The lowest BCUT2D eigenvalue weighted by Gasteiger charge is -2.09. The number of rotatable bonds is 3. The fraction of sp³-hybridized carbons (Fsp3) is 0.143. The molecular formula is C14H14BrNO. The molecule has 0 aliphatic rings. The van der Waals surface area contributed by atoms with Gasteiger partial charge in [-0.15, -0.1) is 0 Å². The molecule has 0 saturated carbocycles. The van der Waals surface area contributed by atoms with Gasteiger partial charge in [0.25, 0.3) is 0 Å². The third-order valence-electron chi connectivity index (χ3n) is 2.57. The summed E-state index contributed by atoms with van der Waals surface area (Å²) in [4.78, 5) is 0. The summed E-state index contributed by atoms with van der Waals surface area (Å²) in [5, 5.41) is 0. The van der Waals surface area contributed by atoms with Gasteiger partial charge in [-0.2, -0.15) is 0 Å². The van der Waals surface area contributed by atoms with Gasteiger partial charge in [-0.1, -0.05) is 28.1 Å². The quantitative estimate of drug-likeness (QED) is 0.927. The molecule has 2 aromatic rings. The molecule has 0 aliphatic carbocycles. The van der Waals surface area contributed by atoms with Crippen LogP contribution in [-0.2, 0) is 6.54 Å². The maximum absolute atomic E-state index is 5.77. The Bertz CT molecular complexity index is 525. The molecule has 0 unspecified atom stereocenters. The first-order valence-corrected chi connectivity index (χ1v) is 6.21. The van der Waals surface area contributed by atoms with Crippen molar-refractivity contribution in [1.29, 1.82) is 0 Å². The predicted octanol–water partition coefficient (Wildman–Crippen LogP) is 4.01. The van der Waals surface area contributed by atoms with Gasteiger partial charge in [0.15, 0.2) is 0 Å². The summed E-state index contributed by atoms with van der Waals surface area (Å²) < 4.78 is 6.77. The van der Waals surface area contributed by atoms with E-state index in [0.717, 1.165) is 27.1 Å². The van der Waals surface area contributed by atoms with Crippen LogP contribution < -0.4 is 10.5 Å². The lowest BCUT2D eigenvalue weighted by molar-refractivity contribution is 0.481. The van der Waals surface area contributed by atoms with Gasteiger partial charge in [-0.25, -0.2) is 0 Å². The Labute approximate surface area is 110 Å². The fourth-order valence-electron chi connectivity index (χ4n) is 1.63. The second kappa shape index (κ2) is 5.34. The summed E-state index contributed by atoms with van der Waals surface area (Å²) in [5.41, 5.74) is 7.92. The molecule has 17 heavy (non-hydrogen) atoms. The largest absolute Gasteiger partial charge is 0.457 e. The van der Waals surface area contributed by atoms with Crippen molar-refractivity contribution >= 4 is 15.9 Å². The van der Waals surface area contributed by atoms with Gasteiger partial charge >= 0.3 is 0 Å². The number of hydrogen-bond donors (Lipinski definition) is 1. The van der Waals surface area contributed by atoms with Crippen LogP contribution in [0, 0.1) is 6.92 Å². The number of nitrogens with two attached hydrogens (primary N) is 1. The third-order valence-corrected chi connectivity index (χ3v) is 3.06. The van der Waals surface area contributed by atoms with Crippen LogP contribution in [0.2, 0.25) is 0 Å². The second-order valence-electron chi connectivity index (χ2n) is 3.85. The van der Waals surface area contributed by atoms with Gasteiger partial charge in [-0.3, -0.25) is 0 Å². The number of benzene rings is 2. The van der Waals surface area contributed by atoms with E-state index in [2.05, 4.69) is 15.9 Å². The highest BCUT2D eigenvalue weighted by Gasteiger charge is 2.01. The molecule has 3 heteroatoms. The third kappa shape index (κ3) is 3.08. The van der Waals surface area contributed by atoms with Crippen LogP contribution in [0.3, 0.4) is 0 Å². The summed E-state index contributed by atoms with van der Waals surface area (Å²) >= 11 is 3.42. The standard InChI is InChI=1S/C14H14BrNO/c1-10-7-14(6-5-11(10)9-16)17-13-4-2-3-12(15)8-13/h2-8H,9,16H2,1H3. The normalized spacial score (nSPS) is 10.3. The Balaban J connectivity index is 2.22. The molecular weight excluding hydrogens is 278 g/mol. The molecule has 0 bridgehead atoms. The lowest BCUT2D eigenvalue weighted by atomic mass is 10.1. The highest BCUT2D eigenvalue weighted by molar-refractivity contribution is 9.10. The highest BCUT2D eigenvalue weighted by atomic mass is 79.9. The van der Waals surface area contributed by atoms with Crippen LogP contribution in [-0.4, -0.2) is 0 Å². The van der Waals surface area contributed by atoms with Crippen molar-refractivity contribution in [2.45, 2.75) is 13.5 Å². The maximum Gasteiger partial charge on any atom is 0.128 e. The number of aryl methyl sites for hydroxylation is 1. The molecule has 0 fully saturated rings. The highest BCUT2D eigenvalue weighted by Crippen LogP contribution is 2.25. The first kappa shape index (κ1) is 12.1. The van der Waals surface area contributed by atoms with E-state index >= 15 is 0 Å². The van der Waals surface area contributed by atoms with E-state index in [1.54, 1.807) is 0 Å². The summed E-state index contributed by atoms with van der Waals surface area (Å²) in [6, 6.07) is 13.7. The second-order valence-corrected chi connectivity index (χ2v) is 4.77. The Kier molecular flexibility index (Phi) is 3.82. The Morgan fingerprint density at radius 1 is 1.12 bits per heavy atom. The van der Waals surface area contributed by atoms with Crippen molar-refractivity contribution in [2.75, 3.05) is 0 Å². The number of hydrogen-bond acceptors (Lipinski definition) is 2. The van der Waals surface area contributed by atoms with Crippen molar-refractivity contribution in [2.24, 2.45) is 5.73 Å². The van der Waals surface area contributed by atoms with E-state index in [-0.39, 0.29) is 0 Å². The van der Waals surface area contributed by atoms with Gasteiger partial charge in [0.05, 0.1) is 0 Å². The summed E-state index contributed by atoms with van der Waals surface area (Å²) in [7, 11) is 0. The van der Waals surface area contributed by atoms with Gasteiger partial charge in [0, 0.05) is 11.0 Å². The minimum atomic E-state index is 0.559. The van der Waals surface area contributed by atoms with Crippen LogP contribution in [0.5, 0.6) is 11.5 Å². The van der Waals surface area contributed by atoms with Crippen LogP contribution in [0.25, 0.3) is 0 Å². The van der Waals surface area contributed by atoms with Gasteiger partial charge in [-0.05, 0) is 48.4 Å². The molecule has 0 aromatic heterocycles. The molecule has 0 saturated heterocycles. The number of halogens is 1. The molecule has 2 rings (SSSR count). The van der Waals surface area contributed by atoms with Crippen molar-refractivity contribution in [3.8, 4) is 11.5 Å². The van der Waals surface area contributed by atoms with Crippen LogP contribution >= 0.6 is 15.9 Å². The zero-order valence-corrected chi connectivity index (χ0v) is 11.2. The van der Waals surface area contributed by atoms with E-state index in [9.17, 15) is 0 Å². The van der Waals surface area contributed by atoms with E-state index in [4.69, 9.17) is 10.5 Å². The smallest absolute Gasteiger partial charge is 0.128 e. The maximum atomic E-state index is 5.77. The van der Waals surface area contributed by atoms with Crippen LogP contribution in [0.1, 0.15) is 11.1 Å². The molecule has 0 aliphatic heterocycles. The van der Waals surface area contributed by atoms with E-state index in [1.165, 1.54) is 0 Å². The Morgan fingerprint density at radius 2 is 1.88 bits per heavy atom. The average molecular weight is 292 g/mol. The SMILES string of the molecule is Cc1cc(Oc2cccc(Br)c2)ccc1CN. The first-order chi connectivity index (χ1) is 8.19. The topological polar surface area (TPSA) is 35.2 Å². The van der Waals surface area contributed by atoms with E-state index < -0.39 is 0 Å². The predicted molar refractivity (Wildman–Crippen MR) is 73.3 cm³/mol. The molecule has 88 valence electrons. The van der Waals surface area contributed by atoms with Gasteiger partial charge in [0.1, 0.15) is 11.5 Å². The van der Waals surface area contributed by atoms with Crippen LogP contribution in [0.4, 0.5) is 0 Å². The fourth-order valence-corrected chi connectivity index (χ4v) is 2.01. The summed E-state index contributed by atoms with van der Waals surface area (Å²) in [6.45, 7) is 2.60. The molecule has 2 nitrogen and oxygen atoms in total. The van der Waals surface area contributed by atoms with Gasteiger partial charge < -0.3 is 10.5 Å². The molecule has 2 N–H and O–H groups in total. The van der Waals surface area contributed by atoms with Gasteiger partial charge in [0.2, 0.25) is 0 Å². The molecule has 0 atom stereocenters. The molecule has 0 radical (unpaired) electrons. The molecule has 0 amide bonds. The summed E-state index contributed by atoms with van der Waals surface area (Å²) in [6.07, 6.45) is 0. The Hall–Kier alpha value is -1.32. The van der Waals surface area contributed by atoms with Crippen molar-refractivity contribution in [1.82, 2.24) is 0 Å². The Morgan fingerprint density at radius 3 is 2.53 bits per heavy atom. The monoisotopic (exact) mass is 291 g/mol. The van der Waals surface area contributed by atoms with Crippen molar-refractivity contribution < 1.29 is 4.74 Å². The minimum absolute atomic E-state index is 0.559. The lowest BCUT2D eigenvalue weighted by Crippen LogP contribution is -1.98. The molecule has 2 aromatic carbocycles. The van der Waals surface area contributed by atoms with Crippen LogP contribution in [0.15, 0.2) is 46.9 Å². The molecule has 0 spiro atoms. The zero-order valence-electron chi connectivity index (χ0n) is 9.61. The average Bonchev–Trinajstić information content (AvgIpc) is 2.29. The van der Waals surface area contributed by atoms with E-state index in [0.29, 0.717) is 6.54 Å². The van der Waals surface area contributed by atoms with E-state index in [1.807, 2.05) is 49.4 Å². The zero-order chi connectivity index (χ0) is 12.3. The minimum Gasteiger partial charge on any atom is -0.457 e. The molecule has 0 heterocycles.